The Hall–Kier alpha value is 0.440. The van der Waals surface area contributed by atoms with E-state index in [1.54, 1.807) is 0 Å². The van der Waals surface area contributed by atoms with Gasteiger partial charge in [-0.05, 0) is 114 Å². The SMILES string of the molecule is CC=CC1CCC(C2CCC(C=C(Br)Br)CC2)CC1. The van der Waals surface area contributed by atoms with Crippen LogP contribution in [0.3, 0.4) is 0 Å². The summed E-state index contributed by atoms with van der Waals surface area (Å²) in [4.78, 5) is 0. The lowest BCUT2D eigenvalue weighted by Gasteiger charge is -2.36. The molecule has 0 amide bonds. The van der Waals surface area contributed by atoms with E-state index in [9.17, 15) is 0 Å². The van der Waals surface area contributed by atoms with Gasteiger partial charge in [-0.2, -0.15) is 0 Å². The second-order valence-corrected chi connectivity index (χ2v) is 9.10. The number of hydrogen-bond donors (Lipinski definition) is 0. The summed E-state index contributed by atoms with van der Waals surface area (Å²) >= 11 is 6.99. The molecule has 2 saturated carbocycles. The van der Waals surface area contributed by atoms with Gasteiger partial charge in [0.15, 0.2) is 0 Å². The lowest BCUT2D eigenvalue weighted by Crippen LogP contribution is -2.25. The van der Waals surface area contributed by atoms with Crippen LogP contribution in [-0.4, -0.2) is 0 Å². The highest BCUT2D eigenvalue weighted by Gasteiger charge is 2.29. The zero-order chi connectivity index (χ0) is 13.7. The summed E-state index contributed by atoms with van der Waals surface area (Å²) in [5.74, 6) is 3.72. The third kappa shape index (κ3) is 5.04. The van der Waals surface area contributed by atoms with Crippen LogP contribution in [0.15, 0.2) is 21.6 Å². The monoisotopic (exact) mass is 388 g/mol. The van der Waals surface area contributed by atoms with Crippen LogP contribution in [0.2, 0.25) is 0 Å². The van der Waals surface area contributed by atoms with Crippen LogP contribution < -0.4 is 0 Å². The maximum absolute atomic E-state index is 3.49. The van der Waals surface area contributed by atoms with Crippen molar-refractivity contribution in [3.05, 3.63) is 21.6 Å². The molecule has 0 saturated heterocycles. The zero-order valence-electron chi connectivity index (χ0n) is 12.0. The van der Waals surface area contributed by atoms with E-state index in [1.165, 1.54) is 51.4 Å². The third-order valence-corrected chi connectivity index (χ3v) is 5.65. The molecule has 0 atom stereocenters. The smallest absolute Gasteiger partial charge is 0.0567 e. The molecule has 0 nitrogen and oxygen atoms in total. The first-order valence-electron chi connectivity index (χ1n) is 7.84. The summed E-state index contributed by atoms with van der Waals surface area (Å²) in [6, 6.07) is 0. The van der Waals surface area contributed by atoms with Gasteiger partial charge in [0.2, 0.25) is 0 Å². The molecule has 0 spiro atoms. The van der Waals surface area contributed by atoms with Gasteiger partial charge in [-0.3, -0.25) is 0 Å². The standard InChI is InChI=1S/C17H26Br2/c1-2-3-13-4-8-15(9-5-13)16-10-6-14(7-11-16)12-17(18)19/h2-3,12-16H,4-11H2,1H3. The average molecular weight is 390 g/mol. The third-order valence-electron chi connectivity index (χ3n) is 5.13. The fourth-order valence-corrected chi connectivity index (χ4v) is 4.79. The average Bonchev–Trinajstić information content (AvgIpc) is 2.40. The lowest BCUT2D eigenvalue weighted by atomic mass is 9.69. The van der Waals surface area contributed by atoms with Crippen LogP contribution >= 0.6 is 31.9 Å². The van der Waals surface area contributed by atoms with Gasteiger partial charge in [0.1, 0.15) is 0 Å². The van der Waals surface area contributed by atoms with E-state index in [0.717, 1.165) is 27.1 Å². The molecule has 2 fully saturated rings. The Kier molecular flexibility index (Phi) is 6.68. The summed E-state index contributed by atoms with van der Waals surface area (Å²) in [5.41, 5.74) is 0. The fourth-order valence-electron chi connectivity index (χ4n) is 4.04. The van der Waals surface area contributed by atoms with Gasteiger partial charge in [-0.1, -0.05) is 18.2 Å². The number of allylic oxidation sites excluding steroid dienone is 3. The second-order valence-electron chi connectivity index (χ2n) is 6.33. The highest BCUT2D eigenvalue weighted by molar-refractivity contribution is 9.28. The van der Waals surface area contributed by atoms with Crippen LogP contribution in [0.1, 0.15) is 58.3 Å². The molecule has 2 rings (SSSR count). The number of halogens is 2. The van der Waals surface area contributed by atoms with Crippen molar-refractivity contribution in [2.24, 2.45) is 23.7 Å². The molecule has 0 radical (unpaired) electrons. The van der Waals surface area contributed by atoms with Gasteiger partial charge in [0, 0.05) is 0 Å². The Labute approximate surface area is 135 Å². The maximum Gasteiger partial charge on any atom is 0.0567 e. The topological polar surface area (TPSA) is 0 Å². The maximum atomic E-state index is 3.49. The first-order chi connectivity index (χ1) is 9.19. The fraction of sp³-hybridized carbons (Fsp3) is 0.765. The molecule has 0 aliphatic heterocycles. The Morgan fingerprint density at radius 1 is 0.789 bits per heavy atom. The van der Waals surface area contributed by atoms with Gasteiger partial charge in [0.05, 0.1) is 3.39 Å². The Morgan fingerprint density at radius 2 is 1.26 bits per heavy atom. The molecule has 2 heteroatoms. The minimum absolute atomic E-state index is 0.796. The molecule has 0 bridgehead atoms. The van der Waals surface area contributed by atoms with Crippen LogP contribution in [-0.2, 0) is 0 Å². The minimum atomic E-state index is 0.796. The Balaban J connectivity index is 1.75. The normalized spacial score (nSPS) is 36.4. The van der Waals surface area contributed by atoms with Crippen molar-refractivity contribution >= 4 is 31.9 Å². The molecular formula is C17H26Br2. The molecule has 0 aromatic heterocycles. The van der Waals surface area contributed by atoms with Crippen molar-refractivity contribution in [1.29, 1.82) is 0 Å². The highest BCUT2D eigenvalue weighted by Crippen LogP contribution is 2.42. The predicted octanol–water partition coefficient (Wildman–Crippen LogP) is 6.81. The van der Waals surface area contributed by atoms with E-state index in [1.807, 2.05) is 0 Å². The summed E-state index contributed by atoms with van der Waals surface area (Å²) in [6.07, 6.45) is 18.5. The van der Waals surface area contributed by atoms with E-state index in [-0.39, 0.29) is 0 Å². The van der Waals surface area contributed by atoms with E-state index < -0.39 is 0 Å². The Bertz CT molecular complexity index is 312. The molecule has 19 heavy (non-hydrogen) atoms. The van der Waals surface area contributed by atoms with Crippen molar-refractivity contribution in [3.8, 4) is 0 Å². The van der Waals surface area contributed by atoms with E-state index in [2.05, 4.69) is 57.0 Å². The molecule has 0 N–H and O–H groups in total. The second kappa shape index (κ2) is 8.02. The quantitative estimate of drug-likeness (QED) is 0.465. The lowest BCUT2D eigenvalue weighted by molar-refractivity contribution is 0.166. The van der Waals surface area contributed by atoms with Crippen LogP contribution in [0.5, 0.6) is 0 Å². The summed E-state index contributed by atoms with van der Waals surface area (Å²) in [5, 5.41) is 0. The summed E-state index contributed by atoms with van der Waals surface area (Å²) in [7, 11) is 0. The predicted molar refractivity (Wildman–Crippen MR) is 91.6 cm³/mol. The van der Waals surface area contributed by atoms with Gasteiger partial charge < -0.3 is 0 Å². The number of rotatable bonds is 3. The van der Waals surface area contributed by atoms with Crippen LogP contribution in [0.25, 0.3) is 0 Å². The van der Waals surface area contributed by atoms with Crippen molar-refractivity contribution in [2.75, 3.05) is 0 Å². The van der Waals surface area contributed by atoms with Crippen molar-refractivity contribution in [1.82, 2.24) is 0 Å². The first-order valence-corrected chi connectivity index (χ1v) is 9.43. The number of hydrogen-bond acceptors (Lipinski definition) is 0. The molecule has 0 heterocycles. The summed E-state index contributed by atoms with van der Waals surface area (Å²) in [6.45, 7) is 2.16. The molecular weight excluding hydrogens is 364 g/mol. The molecule has 0 unspecified atom stereocenters. The van der Waals surface area contributed by atoms with E-state index in [0.29, 0.717) is 0 Å². The summed E-state index contributed by atoms with van der Waals surface area (Å²) < 4.78 is 1.13. The van der Waals surface area contributed by atoms with E-state index in [4.69, 9.17) is 0 Å². The minimum Gasteiger partial charge on any atom is -0.0914 e. The first kappa shape index (κ1) is 15.8. The van der Waals surface area contributed by atoms with Gasteiger partial charge in [0.25, 0.3) is 0 Å². The molecule has 2 aliphatic carbocycles. The van der Waals surface area contributed by atoms with Crippen LogP contribution in [0.4, 0.5) is 0 Å². The van der Waals surface area contributed by atoms with Gasteiger partial charge in [-0.15, -0.1) is 0 Å². The molecule has 2 aliphatic rings. The van der Waals surface area contributed by atoms with Crippen LogP contribution in [0, 0.1) is 23.7 Å². The molecule has 108 valence electrons. The zero-order valence-corrected chi connectivity index (χ0v) is 15.1. The molecule has 0 aromatic carbocycles. The van der Waals surface area contributed by atoms with Gasteiger partial charge in [-0.25, -0.2) is 0 Å². The Morgan fingerprint density at radius 3 is 1.68 bits per heavy atom. The highest BCUT2D eigenvalue weighted by atomic mass is 79.9. The largest absolute Gasteiger partial charge is 0.0914 e. The van der Waals surface area contributed by atoms with Gasteiger partial charge >= 0.3 is 0 Å². The van der Waals surface area contributed by atoms with E-state index >= 15 is 0 Å². The van der Waals surface area contributed by atoms with Crippen molar-refractivity contribution in [3.63, 3.8) is 0 Å². The molecule has 0 aromatic rings. The van der Waals surface area contributed by atoms with Crippen molar-refractivity contribution in [2.45, 2.75) is 58.3 Å². The van der Waals surface area contributed by atoms with Crippen molar-refractivity contribution < 1.29 is 0 Å².